The zero-order valence-electron chi connectivity index (χ0n) is 16.3. The van der Waals surface area contributed by atoms with Gasteiger partial charge in [-0.3, -0.25) is 0 Å². The van der Waals surface area contributed by atoms with E-state index in [4.69, 9.17) is 0 Å². The number of thiophene rings is 1. The molecular weight excluding hydrogens is 520 g/mol. The maximum Gasteiger partial charge on any atom is 0.391 e. The molecule has 0 saturated carbocycles. The lowest BCUT2D eigenvalue weighted by molar-refractivity contribution is -0.137. The fourth-order valence-electron chi connectivity index (χ4n) is 2.36. The van der Waals surface area contributed by atoms with Crippen molar-refractivity contribution >= 4 is 48.1 Å². The fourth-order valence-corrected chi connectivity index (χ4v) is 6.86. The van der Waals surface area contributed by atoms with Gasteiger partial charge in [0.2, 0.25) is 0 Å². The molecule has 1 rings (SSSR count). The molecule has 3 atom stereocenters. The molecule has 0 aliphatic heterocycles. The minimum atomic E-state index is -4.91. The molecule has 0 bridgehead atoms. The van der Waals surface area contributed by atoms with E-state index in [9.17, 15) is 35.5 Å². The van der Waals surface area contributed by atoms with Crippen molar-refractivity contribution < 1.29 is 30.2 Å². The first kappa shape index (κ1) is 26.5. The van der Waals surface area contributed by atoms with Gasteiger partial charge in [0.15, 0.2) is 14.6 Å². The minimum absolute atomic E-state index is 0.155. The van der Waals surface area contributed by atoms with Crippen LogP contribution in [0, 0.1) is 17.1 Å². The van der Waals surface area contributed by atoms with Crippen LogP contribution < -0.4 is 4.72 Å². The molecule has 0 spiro atoms. The number of nitriles is 1. The first-order valence-electron chi connectivity index (χ1n) is 8.12. The highest BCUT2D eigenvalue weighted by molar-refractivity contribution is 9.11. The summed E-state index contributed by atoms with van der Waals surface area (Å²) in [6.45, 7) is 6.69. The van der Waals surface area contributed by atoms with Gasteiger partial charge in [-0.05, 0) is 56.6 Å². The molecule has 0 amide bonds. The highest BCUT2D eigenvalue weighted by atomic mass is 79.9. The topological polar surface area (TPSA) is 87.0 Å². The third kappa shape index (κ3) is 6.46. The van der Waals surface area contributed by atoms with Gasteiger partial charge in [0.05, 0.1) is 48.2 Å². The van der Waals surface area contributed by atoms with E-state index in [2.05, 4.69) is 20.7 Å². The van der Waals surface area contributed by atoms with E-state index in [0.29, 0.717) is 10.7 Å². The monoisotopic (exact) mass is 540 g/mol. The van der Waals surface area contributed by atoms with E-state index < -0.39 is 60.0 Å². The lowest BCUT2D eigenvalue weighted by atomic mass is 10.0. The lowest BCUT2D eigenvalue weighted by Crippen LogP contribution is -2.53. The summed E-state index contributed by atoms with van der Waals surface area (Å²) in [7, 11) is -6.65. The summed E-state index contributed by atoms with van der Waals surface area (Å²) in [5.41, 5.74) is -1.85. The molecule has 0 aliphatic rings. The molecule has 1 aromatic rings. The van der Waals surface area contributed by atoms with Gasteiger partial charge in [0.1, 0.15) is 5.82 Å². The smallest absolute Gasteiger partial charge is 0.242 e. The predicted molar refractivity (Wildman–Crippen MR) is 109 cm³/mol. The highest BCUT2D eigenvalue weighted by Gasteiger charge is 2.52. The van der Waals surface area contributed by atoms with E-state index in [0.717, 1.165) is 17.4 Å². The van der Waals surface area contributed by atoms with Crippen molar-refractivity contribution in [2.75, 3.05) is 5.75 Å². The number of rotatable bonds is 7. The Morgan fingerprint density at radius 2 is 1.76 bits per heavy atom. The third-order valence-corrected chi connectivity index (χ3v) is 10.2. The first-order chi connectivity index (χ1) is 12.8. The van der Waals surface area contributed by atoms with E-state index in [1.165, 1.54) is 13.0 Å². The van der Waals surface area contributed by atoms with Crippen LogP contribution in [-0.2, 0) is 26.4 Å². The van der Waals surface area contributed by atoms with Gasteiger partial charge in [-0.1, -0.05) is 0 Å². The molecule has 1 unspecified atom stereocenters. The number of alkyl halides is 3. The van der Waals surface area contributed by atoms with Crippen LogP contribution in [0.3, 0.4) is 0 Å². The summed E-state index contributed by atoms with van der Waals surface area (Å²) in [5.74, 6) is -1.88. The van der Waals surface area contributed by atoms with Gasteiger partial charge in [-0.25, -0.2) is 21.7 Å². The Bertz CT molecular complexity index is 935. The van der Waals surface area contributed by atoms with Crippen LogP contribution in [0.15, 0.2) is 9.85 Å². The molecule has 0 aliphatic carbocycles. The van der Waals surface area contributed by atoms with Crippen molar-refractivity contribution in [3.05, 3.63) is 20.5 Å². The van der Waals surface area contributed by atoms with Gasteiger partial charge < -0.3 is 0 Å². The molecule has 166 valence electrons. The second kappa shape index (κ2) is 8.53. The fraction of sp³-hybridized carbons (Fsp3) is 0.688. The molecule has 0 saturated heterocycles. The average molecular weight is 541 g/mol. The van der Waals surface area contributed by atoms with Crippen LogP contribution in [0.25, 0.3) is 0 Å². The molecule has 0 radical (unpaired) electrons. The number of hydrogen-bond donors (Lipinski definition) is 1. The van der Waals surface area contributed by atoms with E-state index in [1.54, 1.807) is 20.8 Å². The zero-order chi connectivity index (χ0) is 23.1. The SMILES string of the molecule is CC(C)(C)[S@@](=O)N[C@@](C)(CS(=O)(=O)C(C)(C#N)CC(F)(F)F)c1sc(Br)cc1F. The summed E-state index contributed by atoms with van der Waals surface area (Å²) < 4.78 is 90.9. The molecule has 0 fully saturated rings. The Balaban J connectivity index is 3.54. The molecule has 29 heavy (non-hydrogen) atoms. The highest BCUT2D eigenvalue weighted by Crippen LogP contribution is 2.40. The molecule has 1 heterocycles. The van der Waals surface area contributed by atoms with Crippen LogP contribution >= 0.6 is 27.3 Å². The normalized spacial score (nSPS) is 18.5. The summed E-state index contributed by atoms with van der Waals surface area (Å²) in [6.07, 6.45) is -6.79. The van der Waals surface area contributed by atoms with Crippen molar-refractivity contribution in [1.82, 2.24) is 4.72 Å². The molecule has 13 heteroatoms. The standard InChI is InChI=1S/C16H21BrF4N2O3S3/c1-13(2,3)28(24)23-15(5,12-10(18)6-11(17)27-12)9-29(25,26)14(4,8-22)7-16(19,20)21/h6,23H,7,9H2,1-5H3/t14?,15-,28+/m0/s1. The van der Waals surface area contributed by atoms with Gasteiger partial charge in [-0.2, -0.15) is 18.4 Å². The Kier molecular flexibility index (Phi) is 7.79. The van der Waals surface area contributed by atoms with E-state index in [-0.39, 0.29) is 4.88 Å². The second-order valence-electron chi connectivity index (χ2n) is 7.94. The third-order valence-electron chi connectivity index (χ3n) is 3.97. The molecule has 5 nitrogen and oxygen atoms in total. The number of nitrogens with zero attached hydrogens (tertiary/aromatic N) is 1. The number of sulfone groups is 1. The van der Waals surface area contributed by atoms with Crippen LogP contribution in [0.4, 0.5) is 17.6 Å². The maximum atomic E-state index is 14.5. The van der Waals surface area contributed by atoms with Gasteiger partial charge in [0, 0.05) is 0 Å². The Morgan fingerprint density at radius 3 is 2.10 bits per heavy atom. The Hall–Kier alpha value is -0.550. The maximum absolute atomic E-state index is 14.5. The molecular formula is C16H21BrF4N2O3S3. The van der Waals surface area contributed by atoms with E-state index in [1.807, 2.05) is 0 Å². The first-order valence-corrected chi connectivity index (χ1v) is 12.5. The van der Waals surface area contributed by atoms with Crippen LogP contribution in [0.5, 0.6) is 0 Å². The van der Waals surface area contributed by atoms with Gasteiger partial charge in [-0.15, -0.1) is 11.3 Å². The predicted octanol–water partition coefficient (Wildman–Crippen LogP) is 4.57. The second-order valence-corrected chi connectivity index (χ2v) is 14.8. The van der Waals surface area contributed by atoms with Gasteiger partial charge >= 0.3 is 6.18 Å². The van der Waals surface area contributed by atoms with Crippen LogP contribution in [0.2, 0.25) is 0 Å². The average Bonchev–Trinajstić information content (AvgIpc) is 2.83. The van der Waals surface area contributed by atoms with Crippen molar-refractivity contribution in [2.24, 2.45) is 0 Å². The molecule has 1 aromatic heterocycles. The zero-order valence-corrected chi connectivity index (χ0v) is 20.3. The summed E-state index contributed by atoms with van der Waals surface area (Å²) in [4.78, 5) is -0.155. The van der Waals surface area contributed by atoms with Crippen molar-refractivity contribution in [3.8, 4) is 6.07 Å². The Morgan fingerprint density at radius 1 is 1.24 bits per heavy atom. The quantitative estimate of drug-likeness (QED) is 0.513. The van der Waals surface area contributed by atoms with Crippen LogP contribution in [-0.4, -0.2) is 34.0 Å². The summed E-state index contributed by atoms with van der Waals surface area (Å²) in [5, 5.41) is 9.23. The lowest BCUT2D eigenvalue weighted by Gasteiger charge is -2.35. The van der Waals surface area contributed by atoms with Gasteiger partial charge in [0.25, 0.3) is 0 Å². The number of nitrogens with one attached hydrogen (secondary N) is 1. The summed E-state index contributed by atoms with van der Waals surface area (Å²) >= 11 is 3.90. The van der Waals surface area contributed by atoms with E-state index >= 15 is 0 Å². The van der Waals surface area contributed by atoms with Crippen LogP contribution in [0.1, 0.15) is 45.9 Å². The largest absolute Gasteiger partial charge is 0.391 e. The Labute approximate surface area is 182 Å². The van der Waals surface area contributed by atoms with Crippen molar-refractivity contribution in [2.45, 2.75) is 62.2 Å². The summed E-state index contributed by atoms with van der Waals surface area (Å²) in [6, 6.07) is 2.32. The molecule has 1 N–H and O–H groups in total. The number of hydrogen-bond acceptors (Lipinski definition) is 5. The minimum Gasteiger partial charge on any atom is -0.242 e. The number of halogens is 5. The van der Waals surface area contributed by atoms with Crippen molar-refractivity contribution in [1.29, 1.82) is 5.26 Å². The van der Waals surface area contributed by atoms with Crippen molar-refractivity contribution in [3.63, 3.8) is 0 Å². The molecule has 0 aromatic carbocycles.